The Morgan fingerprint density at radius 1 is 1.03 bits per heavy atom. The van der Waals surface area contributed by atoms with Crippen LogP contribution in [0, 0.1) is 5.92 Å². The van der Waals surface area contributed by atoms with Gasteiger partial charge < -0.3 is 10.1 Å². The van der Waals surface area contributed by atoms with Crippen LogP contribution < -0.4 is 5.32 Å². The van der Waals surface area contributed by atoms with E-state index in [1.54, 1.807) is 12.1 Å². The first-order valence-electron chi connectivity index (χ1n) is 10.5. The highest BCUT2D eigenvalue weighted by atomic mass is 32.2. The summed E-state index contributed by atoms with van der Waals surface area (Å²) in [4.78, 5) is 24.2. The number of carbonyl (C=O) groups is 2. The van der Waals surface area contributed by atoms with Gasteiger partial charge >= 0.3 is 5.97 Å². The van der Waals surface area contributed by atoms with Crippen molar-refractivity contribution in [1.29, 1.82) is 0 Å². The molecule has 3 rings (SSSR count). The van der Waals surface area contributed by atoms with Crippen LogP contribution in [0.15, 0.2) is 29.2 Å². The van der Waals surface area contributed by atoms with Gasteiger partial charge in [-0.15, -0.1) is 0 Å². The lowest BCUT2D eigenvalue weighted by Crippen LogP contribution is -2.35. The Kier molecular flexibility index (Phi) is 7.66. The molecule has 1 aliphatic heterocycles. The Bertz CT molecular complexity index is 812. The second-order valence-electron chi connectivity index (χ2n) is 7.91. The molecular formula is C21H30N2O5S. The van der Waals surface area contributed by atoms with Crippen LogP contribution in [0.2, 0.25) is 0 Å². The molecule has 8 heteroatoms. The first-order chi connectivity index (χ1) is 13.9. The number of ether oxygens (including phenoxy) is 1. The van der Waals surface area contributed by atoms with E-state index in [9.17, 15) is 18.0 Å². The standard InChI is InChI=1S/C21H30N2O5S/c24-20(16-28-21(25)14-17-8-3-1-4-9-17)22-18-10-7-11-19(15-18)29(26,27)23-12-5-2-6-13-23/h7,10-11,15,17H,1-6,8-9,12-14,16H2,(H,22,24). The zero-order valence-electron chi connectivity index (χ0n) is 16.8. The number of rotatable bonds is 7. The van der Waals surface area contributed by atoms with Crippen LogP contribution in [0.25, 0.3) is 0 Å². The SMILES string of the molecule is O=C(COC(=O)CC1CCCCC1)Nc1cccc(S(=O)(=O)N2CCCCC2)c1. The molecule has 1 aliphatic carbocycles. The summed E-state index contributed by atoms with van der Waals surface area (Å²) in [6.45, 7) is 0.681. The Balaban J connectivity index is 1.51. The summed E-state index contributed by atoms with van der Waals surface area (Å²) in [7, 11) is -3.57. The third-order valence-corrected chi connectivity index (χ3v) is 7.51. The highest BCUT2D eigenvalue weighted by Crippen LogP contribution is 2.26. The van der Waals surface area contributed by atoms with Gasteiger partial charge in [-0.2, -0.15) is 4.31 Å². The quantitative estimate of drug-likeness (QED) is 0.681. The van der Waals surface area contributed by atoms with Crippen molar-refractivity contribution in [1.82, 2.24) is 4.31 Å². The molecule has 2 fully saturated rings. The Morgan fingerprint density at radius 3 is 2.45 bits per heavy atom. The van der Waals surface area contributed by atoms with Gasteiger partial charge in [-0.1, -0.05) is 31.7 Å². The summed E-state index contributed by atoms with van der Waals surface area (Å²) < 4.78 is 32.1. The van der Waals surface area contributed by atoms with E-state index in [-0.39, 0.29) is 17.5 Å². The lowest BCUT2D eigenvalue weighted by atomic mass is 9.87. The zero-order valence-corrected chi connectivity index (χ0v) is 17.6. The summed E-state index contributed by atoms with van der Waals surface area (Å²) in [5.74, 6) is -0.473. The van der Waals surface area contributed by atoms with Crippen molar-refractivity contribution in [3.8, 4) is 0 Å². The van der Waals surface area contributed by atoms with E-state index in [0.717, 1.165) is 44.9 Å². The maximum atomic E-state index is 12.8. The third kappa shape index (κ3) is 6.27. The number of carbonyl (C=O) groups excluding carboxylic acids is 2. The number of hydrogen-bond acceptors (Lipinski definition) is 5. The fourth-order valence-electron chi connectivity index (χ4n) is 4.02. The second-order valence-corrected chi connectivity index (χ2v) is 9.85. The first-order valence-corrected chi connectivity index (χ1v) is 11.9. The largest absolute Gasteiger partial charge is 0.456 e. The Morgan fingerprint density at radius 2 is 1.72 bits per heavy atom. The average molecular weight is 423 g/mol. The van der Waals surface area contributed by atoms with Crippen molar-refractivity contribution in [2.45, 2.75) is 62.7 Å². The molecule has 7 nitrogen and oxygen atoms in total. The van der Waals surface area contributed by atoms with Crippen molar-refractivity contribution in [2.75, 3.05) is 25.0 Å². The molecule has 0 bridgehead atoms. The average Bonchev–Trinajstić information content (AvgIpc) is 2.74. The summed E-state index contributed by atoms with van der Waals surface area (Å²) in [6, 6.07) is 6.20. The van der Waals surface area contributed by atoms with Crippen molar-refractivity contribution in [3.05, 3.63) is 24.3 Å². The van der Waals surface area contributed by atoms with Crippen molar-refractivity contribution in [3.63, 3.8) is 0 Å². The van der Waals surface area contributed by atoms with Gasteiger partial charge in [-0.05, 0) is 49.8 Å². The number of hydrogen-bond donors (Lipinski definition) is 1. The smallest absolute Gasteiger partial charge is 0.306 e. The van der Waals surface area contributed by atoms with Crippen LogP contribution in [-0.4, -0.2) is 44.3 Å². The van der Waals surface area contributed by atoms with E-state index in [1.807, 2.05) is 0 Å². The van der Waals surface area contributed by atoms with Gasteiger partial charge in [0.1, 0.15) is 0 Å². The van der Waals surface area contributed by atoms with Crippen LogP contribution in [0.3, 0.4) is 0 Å². The molecule has 1 aromatic rings. The van der Waals surface area contributed by atoms with E-state index in [1.165, 1.54) is 22.9 Å². The number of benzene rings is 1. The van der Waals surface area contributed by atoms with E-state index >= 15 is 0 Å². The van der Waals surface area contributed by atoms with Gasteiger partial charge in [-0.25, -0.2) is 8.42 Å². The molecule has 1 saturated heterocycles. The molecule has 0 aromatic heterocycles. The maximum absolute atomic E-state index is 12.8. The highest BCUT2D eigenvalue weighted by Gasteiger charge is 2.26. The van der Waals surface area contributed by atoms with Crippen molar-refractivity contribution >= 4 is 27.6 Å². The van der Waals surface area contributed by atoms with Crippen LogP contribution in [-0.2, 0) is 24.3 Å². The lowest BCUT2D eigenvalue weighted by molar-refractivity contribution is -0.148. The number of nitrogens with one attached hydrogen (secondary N) is 1. The Hall–Kier alpha value is -1.93. The minimum Gasteiger partial charge on any atom is -0.456 e. The topological polar surface area (TPSA) is 92.8 Å². The van der Waals surface area contributed by atoms with Crippen molar-refractivity contribution in [2.24, 2.45) is 5.92 Å². The normalized spacial score (nSPS) is 18.9. The highest BCUT2D eigenvalue weighted by molar-refractivity contribution is 7.89. The molecule has 1 saturated carbocycles. The van der Waals surface area contributed by atoms with Crippen LogP contribution in [0.1, 0.15) is 57.8 Å². The second kappa shape index (κ2) is 10.2. The number of esters is 1. The molecule has 1 N–H and O–H groups in total. The predicted octanol–water partition coefficient (Wildman–Crippen LogP) is 3.31. The molecular weight excluding hydrogens is 392 g/mol. The predicted molar refractivity (Wildman–Crippen MR) is 110 cm³/mol. The maximum Gasteiger partial charge on any atom is 0.306 e. The van der Waals surface area contributed by atoms with E-state index in [4.69, 9.17) is 4.74 Å². The summed E-state index contributed by atoms with van der Waals surface area (Å²) in [6.07, 6.45) is 8.73. The minimum atomic E-state index is -3.57. The molecule has 0 spiro atoms. The van der Waals surface area contributed by atoms with Gasteiger partial charge in [0.15, 0.2) is 6.61 Å². The van der Waals surface area contributed by atoms with Gasteiger partial charge in [0.25, 0.3) is 5.91 Å². The fourth-order valence-corrected chi connectivity index (χ4v) is 5.58. The fraction of sp³-hybridized carbons (Fsp3) is 0.619. The van der Waals surface area contributed by atoms with Crippen LogP contribution >= 0.6 is 0 Å². The van der Waals surface area contributed by atoms with E-state index in [2.05, 4.69) is 5.32 Å². The molecule has 0 atom stereocenters. The van der Waals surface area contributed by atoms with Gasteiger partial charge in [0, 0.05) is 25.2 Å². The summed E-state index contributed by atoms with van der Waals surface area (Å²) in [5.41, 5.74) is 0.372. The number of sulfonamides is 1. The monoisotopic (exact) mass is 422 g/mol. The number of nitrogens with zero attached hydrogens (tertiary/aromatic N) is 1. The zero-order chi connectivity index (χ0) is 20.7. The Labute approximate surface area is 172 Å². The lowest BCUT2D eigenvalue weighted by Gasteiger charge is -2.26. The molecule has 1 heterocycles. The summed E-state index contributed by atoms with van der Waals surface area (Å²) in [5, 5.41) is 2.62. The number of anilines is 1. The summed E-state index contributed by atoms with van der Waals surface area (Å²) >= 11 is 0. The first kappa shape index (κ1) is 21.8. The molecule has 0 unspecified atom stereocenters. The van der Waals surface area contributed by atoms with E-state index in [0.29, 0.717) is 31.1 Å². The van der Waals surface area contributed by atoms with Gasteiger partial charge in [-0.3, -0.25) is 9.59 Å². The van der Waals surface area contributed by atoms with Gasteiger partial charge in [0.05, 0.1) is 4.90 Å². The number of amides is 1. The molecule has 1 aromatic carbocycles. The van der Waals surface area contributed by atoms with Gasteiger partial charge in [0.2, 0.25) is 10.0 Å². The van der Waals surface area contributed by atoms with E-state index < -0.39 is 15.9 Å². The van der Waals surface area contributed by atoms with Crippen molar-refractivity contribution < 1.29 is 22.7 Å². The van der Waals surface area contributed by atoms with Crippen LogP contribution in [0.5, 0.6) is 0 Å². The molecule has 29 heavy (non-hydrogen) atoms. The molecule has 0 radical (unpaired) electrons. The third-order valence-electron chi connectivity index (χ3n) is 5.61. The minimum absolute atomic E-state index is 0.159. The molecule has 160 valence electrons. The molecule has 1 amide bonds. The molecule has 2 aliphatic rings. The number of piperidine rings is 1. The van der Waals surface area contributed by atoms with Crippen LogP contribution in [0.4, 0.5) is 5.69 Å².